The number of carbonyl (C=O) groups excluding carboxylic acids is 1. The molecule has 1 fully saturated rings. The summed E-state index contributed by atoms with van der Waals surface area (Å²) >= 11 is 5.81. The zero-order valence-corrected chi connectivity index (χ0v) is 22.2. The van der Waals surface area contributed by atoms with Crippen LogP contribution in [0.15, 0.2) is 91.3 Å². The maximum absolute atomic E-state index is 11.9. The molecule has 2 unspecified atom stereocenters. The highest BCUT2D eigenvalue weighted by molar-refractivity contribution is 7.92. The molecule has 2 aromatic carbocycles. The molecule has 11 heteroatoms. The van der Waals surface area contributed by atoms with Crippen molar-refractivity contribution >= 4 is 44.7 Å². The number of hydrogen-bond donors (Lipinski definition) is 2. The van der Waals surface area contributed by atoms with Gasteiger partial charge in [0.2, 0.25) is 10.0 Å². The van der Waals surface area contributed by atoms with E-state index in [0.717, 1.165) is 29.0 Å². The number of ether oxygens (including phenoxy) is 1. The highest BCUT2D eigenvalue weighted by Crippen LogP contribution is 2.42. The molecule has 0 amide bonds. The summed E-state index contributed by atoms with van der Waals surface area (Å²) in [7, 11) is -2.05. The minimum atomic E-state index is -3.40. The van der Waals surface area contributed by atoms with Crippen LogP contribution in [0.2, 0.25) is 0 Å². The fraction of sp³-hybridized carbons (Fsp3) is 0.148. The maximum atomic E-state index is 11.9. The number of aromatic nitrogens is 2. The summed E-state index contributed by atoms with van der Waals surface area (Å²) in [5, 5.41) is 3.95. The Labute approximate surface area is 226 Å². The van der Waals surface area contributed by atoms with E-state index in [1.54, 1.807) is 30.5 Å². The molecule has 0 bridgehead atoms. The second kappa shape index (κ2) is 10.3. The lowest BCUT2D eigenvalue weighted by Crippen LogP contribution is -2.30. The van der Waals surface area contributed by atoms with Crippen LogP contribution in [0.3, 0.4) is 0 Å². The van der Waals surface area contributed by atoms with Gasteiger partial charge in [0.25, 0.3) is 0 Å². The van der Waals surface area contributed by atoms with E-state index < -0.39 is 16.0 Å². The van der Waals surface area contributed by atoms with Crippen LogP contribution in [0.4, 0.5) is 11.4 Å². The van der Waals surface area contributed by atoms with Gasteiger partial charge in [0.1, 0.15) is 6.04 Å². The van der Waals surface area contributed by atoms with Crippen molar-refractivity contribution in [2.45, 2.75) is 12.1 Å². The molecular formula is C27H25N5O4S2. The van der Waals surface area contributed by atoms with Gasteiger partial charge in [0, 0.05) is 35.1 Å². The van der Waals surface area contributed by atoms with E-state index in [2.05, 4.69) is 15.0 Å². The normalized spacial score (nSPS) is 17.2. The van der Waals surface area contributed by atoms with Gasteiger partial charge in [-0.25, -0.2) is 13.2 Å². The van der Waals surface area contributed by atoms with Gasteiger partial charge >= 0.3 is 5.97 Å². The number of pyridine rings is 1. The van der Waals surface area contributed by atoms with E-state index in [0.29, 0.717) is 16.4 Å². The number of benzene rings is 2. The quantitative estimate of drug-likeness (QED) is 0.262. The van der Waals surface area contributed by atoms with Gasteiger partial charge in [-0.1, -0.05) is 6.07 Å². The molecule has 2 atom stereocenters. The van der Waals surface area contributed by atoms with Crippen molar-refractivity contribution in [1.82, 2.24) is 14.9 Å². The summed E-state index contributed by atoms with van der Waals surface area (Å²) in [6, 6.07) is 23.4. The largest absolute Gasteiger partial charge is 0.465 e. The number of rotatable bonds is 7. The fourth-order valence-electron chi connectivity index (χ4n) is 4.58. The zero-order valence-electron chi connectivity index (χ0n) is 20.6. The van der Waals surface area contributed by atoms with E-state index in [4.69, 9.17) is 17.0 Å². The van der Waals surface area contributed by atoms with Crippen LogP contribution >= 0.6 is 12.2 Å². The van der Waals surface area contributed by atoms with E-state index >= 15 is 0 Å². The summed E-state index contributed by atoms with van der Waals surface area (Å²) < 4.78 is 32.7. The number of carbonyl (C=O) groups is 1. The third-order valence-corrected chi connectivity index (χ3v) is 7.12. The van der Waals surface area contributed by atoms with E-state index in [-0.39, 0.29) is 12.1 Å². The van der Waals surface area contributed by atoms with Gasteiger partial charge in [-0.3, -0.25) is 9.71 Å². The van der Waals surface area contributed by atoms with Crippen LogP contribution in [0.5, 0.6) is 0 Å². The number of esters is 1. The first-order chi connectivity index (χ1) is 18.2. The first kappa shape index (κ1) is 25.4. The van der Waals surface area contributed by atoms with Crippen molar-refractivity contribution in [2.24, 2.45) is 0 Å². The zero-order chi connectivity index (χ0) is 26.9. The Balaban J connectivity index is 1.58. The molecular weight excluding hydrogens is 522 g/mol. The second-order valence-corrected chi connectivity index (χ2v) is 10.9. The third kappa shape index (κ3) is 5.11. The molecule has 5 rings (SSSR count). The van der Waals surface area contributed by atoms with Gasteiger partial charge in [0.15, 0.2) is 5.11 Å². The van der Waals surface area contributed by atoms with Crippen molar-refractivity contribution in [3.8, 4) is 5.69 Å². The Bertz CT molecular complexity index is 1570. The van der Waals surface area contributed by atoms with Gasteiger partial charge in [-0.05, 0) is 85.0 Å². The molecule has 1 aliphatic rings. The number of sulfonamides is 1. The second-order valence-electron chi connectivity index (χ2n) is 8.76. The molecule has 2 aromatic heterocycles. The smallest absolute Gasteiger partial charge is 0.337 e. The first-order valence-corrected chi connectivity index (χ1v) is 14.0. The predicted molar refractivity (Wildman–Crippen MR) is 150 cm³/mol. The summed E-state index contributed by atoms with van der Waals surface area (Å²) in [6.45, 7) is 0. The van der Waals surface area contributed by atoms with Gasteiger partial charge in [0.05, 0.1) is 30.7 Å². The van der Waals surface area contributed by atoms with Crippen LogP contribution in [0.1, 0.15) is 33.8 Å². The lowest BCUT2D eigenvalue weighted by atomic mass is 10.0. The molecule has 0 radical (unpaired) electrons. The van der Waals surface area contributed by atoms with Crippen LogP contribution in [-0.2, 0) is 14.8 Å². The minimum Gasteiger partial charge on any atom is -0.465 e. The lowest BCUT2D eigenvalue weighted by Gasteiger charge is -2.29. The van der Waals surface area contributed by atoms with Crippen molar-refractivity contribution in [1.29, 1.82) is 0 Å². The van der Waals surface area contributed by atoms with Crippen molar-refractivity contribution in [3.05, 3.63) is 108 Å². The SMILES string of the molecule is COC(=O)c1ccc(-n2cccc2C2C(c3ccccn3)NC(=S)N2c2ccc(NS(C)(=O)=O)cc2)cc1. The highest BCUT2D eigenvalue weighted by Gasteiger charge is 2.42. The molecule has 4 aromatic rings. The number of nitrogens with zero attached hydrogens (tertiary/aromatic N) is 3. The lowest BCUT2D eigenvalue weighted by molar-refractivity contribution is 0.0600. The van der Waals surface area contributed by atoms with Crippen molar-refractivity contribution in [2.75, 3.05) is 23.0 Å². The standard InChI is InChI=1S/C27H25N5O4S2/c1-36-26(33)18-8-12-20(13-9-18)31-17-5-7-23(31)25-24(22-6-3-4-16-28-22)29-27(37)32(25)21-14-10-19(11-15-21)30-38(2,34)35/h3-17,24-25,30H,1-2H3,(H,29,37). The Morgan fingerprint density at radius 3 is 2.34 bits per heavy atom. The molecule has 3 heterocycles. The molecule has 1 aliphatic heterocycles. The predicted octanol–water partition coefficient (Wildman–Crippen LogP) is 4.21. The first-order valence-electron chi connectivity index (χ1n) is 11.7. The van der Waals surface area contributed by atoms with Crippen LogP contribution in [0.25, 0.3) is 5.69 Å². The van der Waals surface area contributed by atoms with Gasteiger partial charge in [-0.15, -0.1) is 0 Å². The van der Waals surface area contributed by atoms with Crippen molar-refractivity contribution in [3.63, 3.8) is 0 Å². The minimum absolute atomic E-state index is 0.263. The molecule has 0 aliphatic carbocycles. The van der Waals surface area contributed by atoms with E-state index in [1.807, 2.05) is 70.3 Å². The Morgan fingerprint density at radius 2 is 1.71 bits per heavy atom. The summed E-state index contributed by atoms with van der Waals surface area (Å²) in [4.78, 5) is 18.5. The molecule has 38 heavy (non-hydrogen) atoms. The molecule has 9 nitrogen and oxygen atoms in total. The molecule has 0 saturated carbocycles. The summed E-state index contributed by atoms with van der Waals surface area (Å²) in [5.74, 6) is -0.398. The van der Waals surface area contributed by atoms with E-state index in [9.17, 15) is 13.2 Å². The topological polar surface area (TPSA) is 106 Å². The monoisotopic (exact) mass is 547 g/mol. The van der Waals surface area contributed by atoms with Gasteiger partial charge in [-0.2, -0.15) is 0 Å². The molecule has 2 N–H and O–H groups in total. The Kier molecular flexibility index (Phi) is 6.87. The van der Waals surface area contributed by atoms with Crippen LogP contribution in [0, 0.1) is 0 Å². The van der Waals surface area contributed by atoms with Gasteiger partial charge < -0.3 is 19.5 Å². The number of thiocarbonyl (C=S) groups is 1. The highest BCUT2D eigenvalue weighted by atomic mass is 32.2. The fourth-order valence-corrected chi connectivity index (χ4v) is 5.49. The molecule has 1 saturated heterocycles. The van der Waals surface area contributed by atoms with Crippen LogP contribution in [-0.4, -0.2) is 42.4 Å². The van der Waals surface area contributed by atoms with Crippen LogP contribution < -0.4 is 14.9 Å². The maximum Gasteiger partial charge on any atom is 0.337 e. The average Bonchev–Trinajstić information content (AvgIpc) is 3.53. The average molecular weight is 548 g/mol. The molecule has 0 spiro atoms. The van der Waals surface area contributed by atoms with E-state index in [1.165, 1.54) is 7.11 Å². The molecule has 194 valence electrons. The Morgan fingerprint density at radius 1 is 1.00 bits per heavy atom. The van der Waals surface area contributed by atoms with Crippen molar-refractivity contribution < 1.29 is 17.9 Å². The number of methoxy groups -OCH3 is 1. The number of hydrogen-bond acceptors (Lipinski definition) is 6. The summed E-state index contributed by atoms with van der Waals surface area (Å²) in [6.07, 6.45) is 4.81. The number of anilines is 2. The Hall–Kier alpha value is -4.22. The third-order valence-electron chi connectivity index (χ3n) is 6.20. The summed E-state index contributed by atoms with van der Waals surface area (Å²) in [5.41, 5.74) is 4.34. The number of nitrogens with one attached hydrogen (secondary N) is 2.